The van der Waals surface area contributed by atoms with Crippen molar-refractivity contribution in [2.24, 2.45) is 10.9 Å². The smallest absolute Gasteiger partial charge is 0.308 e. The number of hydrogen-bond donors (Lipinski definition) is 1. The van der Waals surface area contributed by atoms with Crippen LogP contribution < -0.4 is 5.32 Å². The number of halogens is 1. The predicted octanol–water partition coefficient (Wildman–Crippen LogP) is 3.29. The second-order valence-corrected chi connectivity index (χ2v) is 7.65. The fraction of sp³-hybridized carbons (Fsp3) is 0.636. The van der Waals surface area contributed by atoms with Crippen molar-refractivity contribution >= 4 is 35.9 Å². The largest absolute Gasteiger partial charge is 0.469 e. The molecule has 1 aromatic rings. The molecule has 0 aliphatic carbocycles. The highest BCUT2D eigenvalue weighted by Crippen LogP contribution is 2.26. The maximum absolute atomic E-state index is 11.8. The molecule has 162 valence electrons. The van der Waals surface area contributed by atoms with Crippen LogP contribution in [0, 0.1) is 5.92 Å². The highest BCUT2D eigenvalue weighted by Gasteiger charge is 2.28. The Labute approximate surface area is 192 Å². The Hall–Kier alpha value is -1.35. The highest BCUT2D eigenvalue weighted by atomic mass is 127. The summed E-state index contributed by atoms with van der Waals surface area (Å²) in [5.74, 6) is 0.900. The minimum absolute atomic E-state index is 0. The van der Waals surface area contributed by atoms with Crippen molar-refractivity contribution in [3.63, 3.8) is 0 Å². The Bertz CT molecular complexity index is 641. The van der Waals surface area contributed by atoms with E-state index in [0.29, 0.717) is 6.04 Å². The molecule has 2 aliphatic rings. The molecule has 2 aliphatic heterocycles. The minimum Gasteiger partial charge on any atom is -0.469 e. The highest BCUT2D eigenvalue weighted by molar-refractivity contribution is 14.0. The number of rotatable bonds is 6. The van der Waals surface area contributed by atoms with E-state index in [-0.39, 0.29) is 35.9 Å². The third kappa shape index (κ3) is 6.57. The van der Waals surface area contributed by atoms with E-state index in [9.17, 15) is 4.79 Å². The fourth-order valence-electron chi connectivity index (χ4n) is 4.25. The monoisotopic (exact) mass is 514 g/mol. The number of benzene rings is 1. The van der Waals surface area contributed by atoms with Crippen LogP contribution in [-0.2, 0) is 9.53 Å². The van der Waals surface area contributed by atoms with Gasteiger partial charge in [-0.15, -0.1) is 24.0 Å². The first-order valence-corrected chi connectivity index (χ1v) is 10.6. The van der Waals surface area contributed by atoms with Gasteiger partial charge in [0, 0.05) is 19.6 Å². The number of piperidine rings is 1. The van der Waals surface area contributed by atoms with Gasteiger partial charge in [0.1, 0.15) is 0 Å². The Morgan fingerprint density at radius 3 is 2.41 bits per heavy atom. The topological polar surface area (TPSA) is 57.2 Å². The molecule has 0 radical (unpaired) electrons. The zero-order valence-electron chi connectivity index (χ0n) is 17.7. The van der Waals surface area contributed by atoms with E-state index in [4.69, 9.17) is 9.73 Å². The van der Waals surface area contributed by atoms with Crippen molar-refractivity contribution in [2.45, 2.75) is 38.6 Å². The van der Waals surface area contributed by atoms with E-state index in [1.54, 1.807) is 0 Å². The van der Waals surface area contributed by atoms with Gasteiger partial charge in [0.2, 0.25) is 0 Å². The maximum atomic E-state index is 11.8. The van der Waals surface area contributed by atoms with Gasteiger partial charge in [-0.05, 0) is 51.3 Å². The third-order valence-electron chi connectivity index (χ3n) is 5.84. The molecule has 1 aromatic carbocycles. The normalized spacial score (nSPS) is 19.5. The SMILES string of the molecule is CCNC(=NCC(c1ccccc1)N1CCCC1)N1CCC(C(=O)OC)CC1.I. The maximum Gasteiger partial charge on any atom is 0.308 e. The fourth-order valence-corrected chi connectivity index (χ4v) is 4.25. The van der Waals surface area contributed by atoms with Crippen molar-refractivity contribution in [1.82, 2.24) is 15.1 Å². The molecule has 2 fully saturated rings. The molecule has 6 nitrogen and oxygen atoms in total. The lowest BCUT2D eigenvalue weighted by molar-refractivity contribution is -0.146. The van der Waals surface area contributed by atoms with E-state index in [1.165, 1.54) is 25.5 Å². The van der Waals surface area contributed by atoms with Gasteiger partial charge in [-0.3, -0.25) is 14.7 Å². The number of nitrogens with zero attached hydrogens (tertiary/aromatic N) is 3. The molecular formula is C22H35IN4O2. The molecule has 1 N–H and O–H groups in total. The van der Waals surface area contributed by atoms with Gasteiger partial charge in [0.05, 0.1) is 25.6 Å². The molecule has 3 rings (SSSR count). The summed E-state index contributed by atoms with van der Waals surface area (Å²) in [5, 5.41) is 3.45. The number of ether oxygens (including phenoxy) is 1. The number of aliphatic imine (C=N–C) groups is 1. The molecule has 0 bridgehead atoms. The molecule has 0 amide bonds. The summed E-state index contributed by atoms with van der Waals surface area (Å²) in [6, 6.07) is 11.1. The lowest BCUT2D eigenvalue weighted by Crippen LogP contribution is -2.47. The average Bonchev–Trinajstić information content (AvgIpc) is 3.28. The van der Waals surface area contributed by atoms with Gasteiger partial charge in [0.15, 0.2) is 5.96 Å². The predicted molar refractivity (Wildman–Crippen MR) is 128 cm³/mol. The molecule has 0 saturated carbocycles. The number of nitrogens with one attached hydrogen (secondary N) is 1. The number of carbonyl (C=O) groups is 1. The van der Waals surface area contributed by atoms with E-state index in [1.807, 2.05) is 0 Å². The van der Waals surface area contributed by atoms with Crippen LogP contribution in [0.4, 0.5) is 0 Å². The third-order valence-corrected chi connectivity index (χ3v) is 5.84. The van der Waals surface area contributed by atoms with Crippen LogP contribution in [-0.4, -0.2) is 68.1 Å². The first kappa shape index (κ1) is 23.9. The molecule has 2 saturated heterocycles. The summed E-state index contributed by atoms with van der Waals surface area (Å²) in [6.07, 6.45) is 4.19. The molecule has 1 atom stereocenters. The van der Waals surface area contributed by atoms with Crippen molar-refractivity contribution in [2.75, 3.05) is 46.4 Å². The molecule has 0 aromatic heterocycles. The molecule has 29 heavy (non-hydrogen) atoms. The van der Waals surface area contributed by atoms with Crippen molar-refractivity contribution in [3.8, 4) is 0 Å². The first-order valence-electron chi connectivity index (χ1n) is 10.6. The van der Waals surface area contributed by atoms with Crippen LogP contribution >= 0.6 is 24.0 Å². The summed E-state index contributed by atoms with van der Waals surface area (Å²) in [4.78, 5) is 21.7. The number of methoxy groups -OCH3 is 1. The standard InChI is InChI=1S/C22H34N4O2.HI/c1-3-23-22(26-15-11-19(12-16-26)21(27)28-2)24-17-20(25-13-7-8-14-25)18-9-5-4-6-10-18;/h4-6,9-10,19-20H,3,7-8,11-17H2,1-2H3,(H,23,24);1H. The zero-order valence-corrected chi connectivity index (χ0v) is 20.0. The van der Waals surface area contributed by atoms with Gasteiger partial charge >= 0.3 is 5.97 Å². The van der Waals surface area contributed by atoms with Crippen LogP contribution in [0.1, 0.15) is 44.2 Å². The second-order valence-electron chi connectivity index (χ2n) is 7.65. The van der Waals surface area contributed by atoms with Gasteiger partial charge in [-0.25, -0.2) is 0 Å². The number of guanidine groups is 1. The first-order chi connectivity index (χ1) is 13.7. The van der Waals surface area contributed by atoms with Crippen molar-refractivity contribution in [1.29, 1.82) is 0 Å². The second kappa shape index (κ2) is 12.4. The van der Waals surface area contributed by atoms with E-state index >= 15 is 0 Å². The summed E-state index contributed by atoms with van der Waals surface area (Å²) in [6.45, 7) is 7.67. The summed E-state index contributed by atoms with van der Waals surface area (Å²) in [7, 11) is 1.47. The summed E-state index contributed by atoms with van der Waals surface area (Å²) < 4.78 is 4.91. The van der Waals surface area contributed by atoms with Crippen LogP contribution in [0.15, 0.2) is 35.3 Å². The molecule has 0 spiro atoms. The lowest BCUT2D eigenvalue weighted by atomic mass is 9.97. The Balaban J connectivity index is 0.00000300. The molecule has 2 heterocycles. The average molecular weight is 514 g/mol. The Morgan fingerprint density at radius 2 is 1.83 bits per heavy atom. The molecule has 7 heteroatoms. The van der Waals surface area contributed by atoms with Crippen molar-refractivity contribution < 1.29 is 9.53 Å². The zero-order chi connectivity index (χ0) is 19.8. The van der Waals surface area contributed by atoms with Crippen LogP contribution in [0.5, 0.6) is 0 Å². The van der Waals surface area contributed by atoms with Crippen molar-refractivity contribution in [3.05, 3.63) is 35.9 Å². The van der Waals surface area contributed by atoms with Gasteiger partial charge < -0.3 is 15.0 Å². The van der Waals surface area contributed by atoms with Crippen LogP contribution in [0.3, 0.4) is 0 Å². The Morgan fingerprint density at radius 1 is 1.17 bits per heavy atom. The summed E-state index contributed by atoms with van der Waals surface area (Å²) in [5.41, 5.74) is 1.34. The number of esters is 1. The quantitative estimate of drug-likeness (QED) is 0.273. The molecule has 1 unspecified atom stereocenters. The lowest BCUT2D eigenvalue weighted by Gasteiger charge is -2.34. The number of likely N-dealkylation sites (tertiary alicyclic amines) is 2. The summed E-state index contributed by atoms with van der Waals surface area (Å²) >= 11 is 0. The van der Waals surface area contributed by atoms with Gasteiger partial charge in [-0.1, -0.05) is 30.3 Å². The number of hydrogen-bond acceptors (Lipinski definition) is 4. The van der Waals surface area contributed by atoms with E-state index < -0.39 is 0 Å². The van der Waals surface area contributed by atoms with Crippen LogP contribution in [0.25, 0.3) is 0 Å². The number of carbonyl (C=O) groups excluding carboxylic acids is 1. The van der Waals surface area contributed by atoms with E-state index in [0.717, 1.165) is 58.1 Å². The van der Waals surface area contributed by atoms with Gasteiger partial charge in [0.25, 0.3) is 0 Å². The minimum atomic E-state index is -0.0836. The molecular weight excluding hydrogens is 479 g/mol. The Kier molecular flexibility index (Phi) is 10.2. The van der Waals surface area contributed by atoms with Crippen LogP contribution in [0.2, 0.25) is 0 Å². The van der Waals surface area contributed by atoms with E-state index in [2.05, 4.69) is 52.4 Å². The van der Waals surface area contributed by atoms with Gasteiger partial charge in [-0.2, -0.15) is 0 Å².